The van der Waals surface area contributed by atoms with Gasteiger partial charge in [-0.25, -0.2) is 4.79 Å². The molecule has 1 saturated heterocycles. The molecule has 1 N–H and O–H groups in total. The molecule has 0 saturated carbocycles. The Labute approximate surface area is 88.0 Å². The molecule has 0 aromatic carbocycles. The molecule has 82 valence electrons. The summed E-state index contributed by atoms with van der Waals surface area (Å²) in [4.78, 5) is 13.1. The lowest BCUT2D eigenvalue weighted by atomic mass is 10.2. The first kappa shape index (κ1) is 10.0. The first-order chi connectivity index (χ1) is 7.31. The molecule has 1 amide bonds. The van der Waals surface area contributed by atoms with Gasteiger partial charge in [-0.05, 0) is 19.2 Å². The molecule has 1 aliphatic rings. The summed E-state index contributed by atoms with van der Waals surface area (Å²) in [5, 5.41) is 3.04. The molecule has 1 aliphatic heterocycles. The van der Waals surface area contributed by atoms with E-state index in [0.29, 0.717) is 13.2 Å². The minimum atomic E-state index is -0.272. The van der Waals surface area contributed by atoms with Crippen molar-refractivity contribution in [2.24, 2.45) is 0 Å². The average molecular weight is 210 g/mol. The van der Waals surface area contributed by atoms with Crippen LogP contribution < -0.4 is 5.32 Å². The Hall–Kier alpha value is -1.49. The van der Waals surface area contributed by atoms with Gasteiger partial charge in [-0.1, -0.05) is 0 Å². The van der Waals surface area contributed by atoms with Crippen molar-refractivity contribution in [3.05, 3.63) is 24.2 Å². The van der Waals surface area contributed by atoms with Crippen molar-refractivity contribution in [1.29, 1.82) is 0 Å². The van der Waals surface area contributed by atoms with Gasteiger partial charge >= 0.3 is 6.09 Å². The Morgan fingerprint density at radius 1 is 1.67 bits per heavy atom. The number of hydrogen-bond acceptors (Lipinski definition) is 4. The van der Waals surface area contributed by atoms with Crippen LogP contribution in [0.15, 0.2) is 22.8 Å². The molecule has 1 aromatic rings. The molecule has 1 aromatic heterocycles. The van der Waals surface area contributed by atoms with E-state index in [1.807, 2.05) is 19.2 Å². The predicted molar refractivity (Wildman–Crippen MR) is 53.3 cm³/mol. The van der Waals surface area contributed by atoms with Gasteiger partial charge in [-0.15, -0.1) is 0 Å². The van der Waals surface area contributed by atoms with Crippen molar-refractivity contribution in [1.82, 2.24) is 10.2 Å². The van der Waals surface area contributed by atoms with Crippen molar-refractivity contribution in [2.75, 3.05) is 20.2 Å². The van der Waals surface area contributed by atoms with Crippen LogP contribution in [0.5, 0.6) is 0 Å². The van der Waals surface area contributed by atoms with Crippen LogP contribution in [-0.2, 0) is 11.3 Å². The van der Waals surface area contributed by atoms with Gasteiger partial charge in [0.1, 0.15) is 12.4 Å². The van der Waals surface area contributed by atoms with Crippen LogP contribution in [0.2, 0.25) is 0 Å². The zero-order valence-electron chi connectivity index (χ0n) is 8.60. The highest BCUT2D eigenvalue weighted by atomic mass is 16.6. The monoisotopic (exact) mass is 210 g/mol. The molecular formula is C10H14N2O3. The number of nitrogens with zero attached hydrogens (tertiary/aromatic N) is 1. The zero-order valence-corrected chi connectivity index (χ0v) is 8.60. The standard InChI is InChI=1S/C10H14N2O3/c1-11-5-8-7-15-10(13)12(8)6-9-3-2-4-14-9/h2-4,8,11H,5-7H2,1H3. The lowest BCUT2D eigenvalue weighted by Crippen LogP contribution is -2.39. The Bertz CT molecular complexity index is 323. The Kier molecular flexibility index (Phi) is 2.91. The molecule has 2 heterocycles. The molecular weight excluding hydrogens is 196 g/mol. The van der Waals surface area contributed by atoms with Gasteiger partial charge in [0, 0.05) is 6.54 Å². The fraction of sp³-hybridized carbons (Fsp3) is 0.500. The molecule has 0 aliphatic carbocycles. The normalized spacial score (nSPS) is 20.7. The topological polar surface area (TPSA) is 54.7 Å². The summed E-state index contributed by atoms with van der Waals surface area (Å²) in [7, 11) is 1.86. The second-order valence-electron chi connectivity index (χ2n) is 3.50. The number of hydrogen-bond donors (Lipinski definition) is 1. The lowest BCUT2D eigenvalue weighted by molar-refractivity contribution is 0.153. The second kappa shape index (κ2) is 4.35. The van der Waals surface area contributed by atoms with Gasteiger partial charge in [0.15, 0.2) is 0 Å². The molecule has 1 unspecified atom stereocenters. The van der Waals surface area contributed by atoms with Crippen molar-refractivity contribution >= 4 is 6.09 Å². The minimum absolute atomic E-state index is 0.0904. The van der Waals surface area contributed by atoms with E-state index < -0.39 is 0 Å². The maximum atomic E-state index is 11.4. The summed E-state index contributed by atoms with van der Waals surface area (Å²) in [5.41, 5.74) is 0. The largest absolute Gasteiger partial charge is 0.467 e. The van der Waals surface area contributed by atoms with Crippen LogP contribution in [-0.4, -0.2) is 37.2 Å². The Balaban J connectivity index is 2.01. The maximum absolute atomic E-state index is 11.4. The van der Waals surface area contributed by atoms with Crippen LogP contribution >= 0.6 is 0 Å². The third-order valence-corrected chi connectivity index (χ3v) is 2.42. The van der Waals surface area contributed by atoms with Crippen molar-refractivity contribution < 1.29 is 13.9 Å². The average Bonchev–Trinajstić information content (AvgIpc) is 2.83. The zero-order chi connectivity index (χ0) is 10.7. The Morgan fingerprint density at radius 2 is 2.53 bits per heavy atom. The molecule has 0 spiro atoms. The molecule has 1 atom stereocenters. The lowest BCUT2D eigenvalue weighted by Gasteiger charge is -2.19. The molecule has 5 heteroatoms. The van der Waals surface area contributed by atoms with E-state index >= 15 is 0 Å². The first-order valence-electron chi connectivity index (χ1n) is 4.91. The number of furan rings is 1. The first-order valence-corrected chi connectivity index (χ1v) is 4.91. The van der Waals surface area contributed by atoms with E-state index in [0.717, 1.165) is 12.3 Å². The van der Waals surface area contributed by atoms with Crippen molar-refractivity contribution in [2.45, 2.75) is 12.6 Å². The van der Waals surface area contributed by atoms with Crippen LogP contribution in [0.1, 0.15) is 5.76 Å². The van der Waals surface area contributed by atoms with E-state index in [4.69, 9.17) is 9.15 Å². The van der Waals surface area contributed by atoms with E-state index in [1.54, 1.807) is 11.2 Å². The Morgan fingerprint density at radius 3 is 3.20 bits per heavy atom. The molecule has 2 rings (SSSR count). The van der Waals surface area contributed by atoms with E-state index in [-0.39, 0.29) is 12.1 Å². The van der Waals surface area contributed by atoms with Gasteiger partial charge < -0.3 is 14.5 Å². The summed E-state index contributed by atoms with van der Waals surface area (Å²) in [6.07, 6.45) is 1.33. The minimum Gasteiger partial charge on any atom is -0.467 e. The number of carbonyl (C=O) groups is 1. The summed E-state index contributed by atoms with van der Waals surface area (Å²) in [5.74, 6) is 0.773. The molecule has 5 nitrogen and oxygen atoms in total. The molecule has 0 radical (unpaired) electrons. The van der Waals surface area contributed by atoms with E-state index in [2.05, 4.69) is 5.32 Å². The summed E-state index contributed by atoms with van der Waals surface area (Å²) in [6, 6.07) is 3.75. The number of ether oxygens (including phenoxy) is 1. The molecule has 0 bridgehead atoms. The van der Waals surface area contributed by atoms with Crippen LogP contribution in [0.3, 0.4) is 0 Å². The maximum Gasteiger partial charge on any atom is 0.410 e. The number of cyclic esters (lactones) is 1. The molecule has 15 heavy (non-hydrogen) atoms. The van der Waals surface area contributed by atoms with Gasteiger partial charge in [-0.2, -0.15) is 0 Å². The number of likely N-dealkylation sites (N-methyl/N-ethyl adjacent to an activating group) is 1. The van der Waals surface area contributed by atoms with Gasteiger partial charge in [-0.3, -0.25) is 4.90 Å². The number of carbonyl (C=O) groups excluding carboxylic acids is 1. The van der Waals surface area contributed by atoms with Gasteiger partial charge in [0.25, 0.3) is 0 Å². The van der Waals surface area contributed by atoms with E-state index in [1.165, 1.54) is 0 Å². The summed E-state index contributed by atoms with van der Waals surface area (Å²) in [6.45, 7) is 1.64. The van der Waals surface area contributed by atoms with Crippen molar-refractivity contribution in [3.63, 3.8) is 0 Å². The second-order valence-corrected chi connectivity index (χ2v) is 3.50. The highest BCUT2D eigenvalue weighted by Gasteiger charge is 2.32. The fourth-order valence-electron chi connectivity index (χ4n) is 1.66. The van der Waals surface area contributed by atoms with Crippen LogP contribution in [0, 0.1) is 0 Å². The van der Waals surface area contributed by atoms with Gasteiger partial charge in [0.05, 0.1) is 18.8 Å². The molecule has 1 fully saturated rings. The number of rotatable bonds is 4. The summed E-state index contributed by atoms with van der Waals surface area (Å²) < 4.78 is 10.2. The highest BCUT2D eigenvalue weighted by Crippen LogP contribution is 2.16. The third kappa shape index (κ3) is 2.12. The fourth-order valence-corrected chi connectivity index (χ4v) is 1.66. The quantitative estimate of drug-likeness (QED) is 0.799. The predicted octanol–water partition coefficient (Wildman–Crippen LogP) is 0.820. The number of nitrogens with one attached hydrogen (secondary N) is 1. The van der Waals surface area contributed by atoms with Crippen LogP contribution in [0.25, 0.3) is 0 Å². The van der Waals surface area contributed by atoms with Gasteiger partial charge in [0.2, 0.25) is 0 Å². The smallest absolute Gasteiger partial charge is 0.410 e. The van der Waals surface area contributed by atoms with Crippen LogP contribution in [0.4, 0.5) is 4.79 Å². The summed E-state index contributed by atoms with van der Waals surface area (Å²) >= 11 is 0. The van der Waals surface area contributed by atoms with E-state index in [9.17, 15) is 4.79 Å². The SMILES string of the molecule is CNCC1COC(=O)N1Cc1ccco1. The third-order valence-electron chi connectivity index (χ3n) is 2.42. The van der Waals surface area contributed by atoms with Crippen molar-refractivity contribution in [3.8, 4) is 0 Å². The highest BCUT2D eigenvalue weighted by molar-refractivity contribution is 5.70. The number of amides is 1.